The highest BCUT2D eigenvalue weighted by molar-refractivity contribution is 5.51. The van der Waals surface area contributed by atoms with E-state index in [4.69, 9.17) is 5.11 Å². The Morgan fingerprint density at radius 3 is 2.79 bits per heavy atom. The minimum atomic E-state index is -4.89. The summed E-state index contributed by atoms with van der Waals surface area (Å²) in [5.41, 5.74) is -3.53. The van der Waals surface area contributed by atoms with Gasteiger partial charge in [0.25, 0.3) is 5.56 Å². The Morgan fingerprint density at radius 1 is 1.63 bits per heavy atom. The second kappa shape index (κ2) is 5.83. The fourth-order valence-electron chi connectivity index (χ4n) is 1.36. The lowest BCUT2D eigenvalue weighted by Gasteiger charge is -2.16. The number of H-pyrrole nitrogens is 1. The average Bonchev–Trinajstić information content (AvgIpc) is 2.27. The molecule has 106 valence electrons. The first-order valence-corrected chi connectivity index (χ1v) is 5.15. The quantitative estimate of drug-likeness (QED) is 0.730. The van der Waals surface area contributed by atoms with Crippen LogP contribution in [0.3, 0.4) is 0 Å². The minimum Gasteiger partial charge on any atom is -0.392 e. The summed E-state index contributed by atoms with van der Waals surface area (Å²) >= 11 is 0. The van der Waals surface area contributed by atoms with Gasteiger partial charge in [-0.15, -0.1) is 0 Å². The number of anilines is 1. The lowest BCUT2D eigenvalue weighted by Crippen LogP contribution is -2.27. The van der Waals surface area contributed by atoms with E-state index >= 15 is 0 Å². The van der Waals surface area contributed by atoms with Gasteiger partial charge in [0.2, 0.25) is 0 Å². The van der Waals surface area contributed by atoms with Gasteiger partial charge in [0.15, 0.2) is 0 Å². The van der Waals surface area contributed by atoms with Crippen molar-refractivity contribution < 1.29 is 22.7 Å². The molecule has 0 radical (unpaired) electrons. The number of nitrogens with zero attached hydrogens (tertiary/aromatic N) is 1. The van der Waals surface area contributed by atoms with Crippen LogP contribution in [0.2, 0.25) is 0 Å². The van der Waals surface area contributed by atoms with E-state index in [1.54, 1.807) is 5.10 Å². The van der Waals surface area contributed by atoms with Crippen molar-refractivity contribution in [3.05, 3.63) is 34.0 Å². The monoisotopic (exact) mass is 281 g/mol. The number of hydrogen-bond acceptors (Lipinski definition) is 4. The Morgan fingerprint density at radius 2 is 2.26 bits per heavy atom. The molecular formula is C10H11F4N3O2. The van der Waals surface area contributed by atoms with Gasteiger partial charge < -0.3 is 10.4 Å². The number of aromatic amines is 1. The van der Waals surface area contributed by atoms with E-state index in [9.17, 15) is 22.4 Å². The van der Waals surface area contributed by atoms with Crippen molar-refractivity contribution in [2.75, 3.05) is 11.9 Å². The highest BCUT2D eigenvalue weighted by Gasteiger charge is 2.37. The largest absolute Gasteiger partial charge is 0.423 e. The molecule has 3 N–H and O–H groups in total. The van der Waals surface area contributed by atoms with Gasteiger partial charge in [-0.3, -0.25) is 4.79 Å². The number of aromatic nitrogens is 2. The first-order chi connectivity index (χ1) is 8.77. The summed E-state index contributed by atoms with van der Waals surface area (Å²) in [6.07, 6.45) is -3.35. The molecule has 1 heterocycles. The third kappa shape index (κ3) is 3.78. The van der Waals surface area contributed by atoms with Gasteiger partial charge in [-0.2, -0.15) is 18.3 Å². The lowest BCUT2D eigenvalue weighted by molar-refractivity contribution is -0.138. The van der Waals surface area contributed by atoms with Gasteiger partial charge in [-0.05, 0) is 13.0 Å². The normalized spacial score (nSPS) is 14.3. The Labute approximate surface area is 105 Å². The zero-order valence-corrected chi connectivity index (χ0v) is 9.75. The molecule has 0 fully saturated rings. The summed E-state index contributed by atoms with van der Waals surface area (Å²) in [5, 5.41) is 15.6. The number of aliphatic hydroxyl groups excluding tert-OH is 1. The number of rotatable bonds is 4. The Bertz CT molecular complexity index is 524. The summed E-state index contributed by atoms with van der Waals surface area (Å²) < 4.78 is 51.3. The molecule has 0 aliphatic rings. The maximum atomic E-state index is 13.3. The molecule has 0 spiro atoms. The molecular weight excluding hydrogens is 270 g/mol. The molecule has 0 saturated heterocycles. The Hall–Kier alpha value is -1.90. The lowest BCUT2D eigenvalue weighted by atomic mass is 10.2. The molecule has 0 aliphatic heterocycles. The molecule has 0 saturated carbocycles. The molecule has 19 heavy (non-hydrogen) atoms. The summed E-state index contributed by atoms with van der Waals surface area (Å²) in [5.74, 6) is -0.851. The molecule has 0 bridgehead atoms. The number of halogens is 4. The fraction of sp³-hybridized carbons (Fsp3) is 0.400. The molecule has 1 atom stereocenters. The summed E-state index contributed by atoms with van der Waals surface area (Å²) in [6.45, 7) is 0.653. The first kappa shape index (κ1) is 15.2. The molecule has 0 unspecified atom stereocenters. The maximum absolute atomic E-state index is 13.3. The standard InChI is InChI=1S/C10H11F4N3O2/c1-5(6(11)2-3-18)16-7-4-15-17-9(19)8(7)10(12,13)14/h2,4-5,18H,3H2,1H3,(H2,16,17,19)/b6-2-/t5-/m1/s1. The summed E-state index contributed by atoms with van der Waals surface area (Å²) in [4.78, 5) is 11.1. The molecule has 0 amide bonds. The van der Waals surface area contributed by atoms with Gasteiger partial charge >= 0.3 is 6.18 Å². The molecule has 1 rings (SSSR count). The molecule has 0 aliphatic carbocycles. The van der Waals surface area contributed by atoms with E-state index in [1.165, 1.54) is 6.92 Å². The number of aliphatic hydroxyl groups is 1. The zero-order chi connectivity index (χ0) is 14.6. The van der Waals surface area contributed by atoms with Crippen molar-refractivity contribution in [1.82, 2.24) is 10.2 Å². The highest BCUT2D eigenvalue weighted by Crippen LogP contribution is 2.31. The van der Waals surface area contributed by atoms with Gasteiger partial charge in [-0.1, -0.05) is 0 Å². The van der Waals surface area contributed by atoms with Crippen LogP contribution >= 0.6 is 0 Å². The van der Waals surface area contributed by atoms with Crippen LogP contribution in [0.25, 0.3) is 0 Å². The predicted octanol–water partition coefficient (Wildman–Crippen LogP) is 1.43. The molecule has 5 nitrogen and oxygen atoms in total. The van der Waals surface area contributed by atoms with Crippen molar-refractivity contribution in [2.45, 2.75) is 19.1 Å². The summed E-state index contributed by atoms with van der Waals surface area (Å²) in [6, 6.07) is -1.14. The van der Waals surface area contributed by atoms with E-state index in [0.717, 1.165) is 12.3 Å². The van der Waals surface area contributed by atoms with Gasteiger partial charge in [0.1, 0.15) is 11.4 Å². The topological polar surface area (TPSA) is 78.0 Å². The van der Waals surface area contributed by atoms with E-state index in [-0.39, 0.29) is 0 Å². The second-order valence-corrected chi connectivity index (χ2v) is 3.62. The minimum absolute atomic E-state index is 0.586. The van der Waals surface area contributed by atoms with Crippen LogP contribution in [0.5, 0.6) is 0 Å². The van der Waals surface area contributed by atoms with Crippen molar-refractivity contribution in [1.29, 1.82) is 0 Å². The van der Waals surface area contributed by atoms with Gasteiger partial charge in [0, 0.05) is 0 Å². The van der Waals surface area contributed by atoms with Gasteiger partial charge in [-0.25, -0.2) is 9.49 Å². The van der Waals surface area contributed by atoms with Gasteiger partial charge in [0.05, 0.1) is 24.5 Å². The van der Waals surface area contributed by atoms with Crippen molar-refractivity contribution in [2.24, 2.45) is 0 Å². The molecule has 1 aromatic heterocycles. The number of alkyl halides is 3. The smallest absolute Gasteiger partial charge is 0.392 e. The van der Waals surface area contributed by atoms with Crippen LogP contribution < -0.4 is 10.9 Å². The van der Waals surface area contributed by atoms with E-state index in [1.807, 2.05) is 0 Å². The number of nitrogens with one attached hydrogen (secondary N) is 2. The highest BCUT2D eigenvalue weighted by atomic mass is 19.4. The second-order valence-electron chi connectivity index (χ2n) is 3.62. The first-order valence-electron chi connectivity index (χ1n) is 5.15. The van der Waals surface area contributed by atoms with E-state index in [0.29, 0.717) is 0 Å². The van der Waals surface area contributed by atoms with Crippen LogP contribution in [-0.4, -0.2) is 28.0 Å². The predicted molar refractivity (Wildman–Crippen MR) is 59.2 cm³/mol. The number of hydrogen-bond donors (Lipinski definition) is 3. The van der Waals surface area contributed by atoms with Crippen molar-refractivity contribution >= 4 is 5.69 Å². The Kier molecular flexibility index (Phi) is 4.65. The van der Waals surface area contributed by atoms with E-state index in [2.05, 4.69) is 10.4 Å². The third-order valence-corrected chi connectivity index (χ3v) is 2.21. The van der Waals surface area contributed by atoms with Crippen LogP contribution in [0.4, 0.5) is 23.2 Å². The fourth-order valence-corrected chi connectivity index (χ4v) is 1.36. The van der Waals surface area contributed by atoms with Crippen LogP contribution in [-0.2, 0) is 6.18 Å². The van der Waals surface area contributed by atoms with E-state index < -0.39 is 41.5 Å². The molecule has 0 aromatic carbocycles. The Balaban J connectivity index is 3.13. The van der Waals surface area contributed by atoms with Crippen LogP contribution in [0, 0.1) is 0 Å². The zero-order valence-electron chi connectivity index (χ0n) is 9.75. The molecule has 1 aromatic rings. The van der Waals surface area contributed by atoms with Crippen LogP contribution in [0.15, 0.2) is 22.9 Å². The molecule has 9 heteroatoms. The SMILES string of the molecule is C[C@@H](Nc1cn[nH]c(=O)c1C(F)(F)F)/C(F)=C/CO. The average molecular weight is 281 g/mol. The third-order valence-electron chi connectivity index (χ3n) is 2.21. The summed E-state index contributed by atoms with van der Waals surface area (Å²) in [7, 11) is 0. The maximum Gasteiger partial charge on any atom is 0.423 e. The van der Waals surface area contributed by atoms with Crippen molar-refractivity contribution in [3.63, 3.8) is 0 Å². The van der Waals surface area contributed by atoms with Crippen molar-refractivity contribution in [3.8, 4) is 0 Å². The van der Waals surface area contributed by atoms with Crippen LogP contribution in [0.1, 0.15) is 12.5 Å².